The number of hydrogen-bond donors (Lipinski definition) is 0. The molecule has 0 N–H and O–H groups in total. The van der Waals surface area contributed by atoms with Gasteiger partial charge in [0.15, 0.2) is 0 Å². The van der Waals surface area contributed by atoms with Crippen molar-refractivity contribution in [2.45, 2.75) is 20.8 Å². The third-order valence-corrected chi connectivity index (χ3v) is 18.8. The van der Waals surface area contributed by atoms with Gasteiger partial charge in [0.05, 0.1) is 0 Å². The first-order valence-electron chi connectivity index (χ1n) is 40.3. The number of aromatic nitrogens is 8. The second-order valence-electron chi connectivity index (χ2n) is 27.7. The largest absolute Gasteiger partial charge is 0.305 e. The number of rotatable bonds is 12. The Labute approximate surface area is 801 Å². The van der Waals surface area contributed by atoms with Crippen LogP contribution in [0.4, 0.5) is 0 Å². The van der Waals surface area contributed by atoms with Crippen LogP contribution in [0.5, 0.6) is 0 Å². The smallest absolute Gasteiger partial charge is 0.0266 e. The van der Waals surface area contributed by atoms with E-state index < -0.39 is 0 Å². The number of aryl methyl sites for hydroxylation is 3. The summed E-state index contributed by atoms with van der Waals surface area (Å²) in [5.74, 6) is 0. The molecule has 0 bridgehead atoms. The molecule has 0 unspecified atom stereocenters. The van der Waals surface area contributed by atoms with Crippen molar-refractivity contribution < 1.29 is 80.4 Å². The molecule has 0 spiro atoms. The molecule has 8 nitrogen and oxygen atoms in total. The van der Waals surface area contributed by atoms with Crippen molar-refractivity contribution in [3.05, 3.63) is 533 Å². The van der Waals surface area contributed by atoms with Crippen LogP contribution in [-0.4, -0.2) is 39.9 Å². The van der Waals surface area contributed by atoms with Crippen molar-refractivity contribution in [3.63, 3.8) is 0 Å². The zero-order chi connectivity index (χ0) is 84.3. The Morgan fingerprint density at radius 3 is 0.748 bits per heavy atom. The summed E-state index contributed by atoms with van der Waals surface area (Å²) < 4.78 is 0. The third-order valence-electron chi connectivity index (χ3n) is 18.8. The van der Waals surface area contributed by atoms with Crippen molar-refractivity contribution in [2.24, 2.45) is 0 Å². The number of pyridine rings is 8. The van der Waals surface area contributed by atoms with Crippen molar-refractivity contribution in [3.8, 4) is 135 Å². The first kappa shape index (κ1) is 97.2. The minimum absolute atomic E-state index is 0. The summed E-state index contributed by atoms with van der Waals surface area (Å²) in [5.41, 5.74) is 29.1. The van der Waals surface area contributed by atoms with Crippen molar-refractivity contribution >= 4 is 0 Å². The molecule has 0 amide bonds. The molecular weight excluding hydrogens is 2260 g/mol. The molecule has 8 aromatic heterocycles. The average molecular weight is 2350 g/mol. The SMILES string of the molecule is Cc1cccc(-c2[c-]cccc2)n1.Cc1cccnc1-c1[c-]cccc1.Cc1ccnc(-c2[c-]ccc(-c3ccccc3)c2)c1.[Ir].[Ir].[Ir].[Ir].[c-]1ccc(-c2ccccc2)cc1-c1ccccn1.[c-]1ccc(-c2ccccc2)cc1-c1ccccn1.[c-]1ccc(-c2ccccc2)cc1-c1ccccn1.[c-]1ccccc1-c1ccccn1.[c-]1ccccc1-c1ccccn1. The van der Waals surface area contributed by atoms with E-state index in [1.54, 1.807) is 31.0 Å². The van der Waals surface area contributed by atoms with Gasteiger partial charge in [0.1, 0.15) is 0 Å². The molecule has 8 heterocycles. The predicted octanol–water partition coefficient (Wildman–Crippen LogP) is 28.0. The van der Waals surface area contributed by atoms with E-state index in [4.69, 9.17) is 0 Å². The van der Waals surface area contributed by atoms with Gasteiger partial charge in [-0.1, -0.05) is 217 Å². The Balaban J connectivity index is 0.000000164. The zero-order valence-corrected chi connectivity index (χ0v) is 79.4. The summed E-state index contributed by atoms with van der Waals surface area (Å²) in [5, 5.41) is 0. The fraction of sp³-hybridized carbons (Fsp3) is 0.0261. The van der Waals surface area contributed by atoms with Crippen LogP contribution in [0.2, 0.25) is 0 Å². The molecule has 4 radical (unpaired) electrons. The minimum Gasteiger partial charge on any atom is -0.305 e. The van der Waals surface area contributed by atoms with Gasteiger partial charge < -0.3 is 39.9 Å². The molecule has 0 saturated heterocycles. The zero-order valence-electron chi connectivity index (χ0n) is 69.9. The normalized spacial score (nSPS) is 9.76. The molecule has 12 aromatic carbocycles. The Hall–Kier alpha value is -13.6. The fourth-order valence-corrected chi connectivity index (χ4v) is 12.7. The van der Waals surface area contributed by atoms with Crippen LogP contribution in [0, 0.1) is 69.3 Å². The van der Waals surface area contributed by atoms with E-state index in [9.17, 15) is 0 Å². The van der Waals surface area contributed by atoms with E-state index in [1.807, 2.05) is 323 Å². The maximum absolute atomic E-state index is 4.41. The molecule has 12 heteroatoms. The molecule has 630 valence electrons. The maximum atomic E-state index is 4.41. The Morgan fingerprint density at radius 2 is 0.449 bits per heavy atom. The summed E-state index contributed by atoms with van der Waals surface area (Å²) in [6, 6.07) is 166. The van der Waals surface area contributed by atoms with Gasteiger partial charge in [0.25, 0.3) is 0 Å². The van der Waals surface area contributed by atoms with E-state index in [0.29, 0.717) is 0 Å². The molecule has 127 heavy (non-hydrogen) atoms. The van der Waals surface area contributed by atoms with E-state index in [0.717, 1.165) is 95.8 Å². The molecule has 20 rings (SSSR count). The molecule has 0 aliphatic heterocycles. The van der Waals surface area contributed by atoms with E-state index in [1.165, 1.54) is 55.6 Å². The summed E-state index contributed by atoms with van der Waals surface area (Å²) in [7, 11) is 0. The number of nitrogens with zero attached hydrogens (tertiary/aromatic N) is 8. The standard InChI is InChI=1S/C18H14N.3C17H12N.2C12H10N.2C11H8N.4Ir/c1-14-10-11-19-18(12-14)17-9-5-8-16(13-17)15-6-3-2-4-7-15;3*1-2-7-14(8-3-1)15-9-6-10-16(13-15)17-11-4-5-12-18-17;1-10-6-5-9-13-12(10)11-7-3-2-4-8-11;1-10-6-5-9-12(13-10)11-7-3-2-4-8-11;2*1-2-6-10(7-3-1)11-8-4-5-9-12-11;;;;/h2-8,10-13H,1H3;3*1-9,11-13H;2*2-7,9H,1H3;2*1-6,8-9H;;;;/q8*-1;;;;. The van der Waals surface area contributed by atoms with Gasteiger partial charge in [-0.25, -0.2) is 0 Å². The van der Waals surface area contributed by atoms with Gasteiger partial charge in [-0.05, 0) is 137 Å². The molecule has 0 atom stereocenters. The first-order valence-corrected chi connectivity index (χ1v) is 40.3. The van der Waals surface area contributed by atoms with Gasteiger partial charge in [-0.2, -0.15) is 0 Å². The second kappa shape index (κ2) is 54.2. The van der Waals surface area contributed by atoms with Gasteiger partial charge in [0.2, 0.25) is 0 Å². The van der Waals surface area contributed by atoms with E-state index in [2.05, 4.69) is 224 Å². The van der Waals surface area contributed by atoms with Gasteiger partial charge in [0, 0.05) is 129 Å². The van der Waals surface area contributed by atoms with Crippen LogP contribution in [0.25, 0.3) is 135 Å². The Morgan fingerprint density at radius 1 is 0.173 bits per heavy atom. The van der Waals surface area contributed by atoms with Crippen molar-refractivity contribution in [2.75, 3.05) is 0 Å². The Kier molecular flexibility index (Phi) is 41.5. The Bertz CT molecular complexity index is 5820. The number of benzene rings is 12. The quantitative estimate of drug-likeness (QED) is 0.111. The third kappa shape index (κ3) is 31.3. The molecule has 0 fully saturated rings. The van der Waals surface area contributed by atoms with Gasteiger partial charge in [-0.3, -0.25) is 0 Å². The maximum Gasteiger partial charge on any atom is 0.0266 e. The van der Waals surface area contributed by atoms with Crippen LogP contribution in [0.15, 0.2) is 468 Å². The van der Waals surface area contributed by atoms with Crippen LogP contribution in [0.1, 0.15) is 16.8 Å². The summed E-state index contributed by atoms with van der Waals surface area (Å²) in [6.45, 7) is 6.13. The molecule has 0 aliphatic rings. The fourth-order valence-electron chi connectivity index (χ4n) is 12.7. The molecule has 0 saturated carbocycles. The van der Waals surface area contributed by atoms with Crippen LogP contribution in [0.3, 0.4) is 0 Å². The van der Waals surface area contributed by atoms with Crippen LogP contribution >= 0.6 is 0 Å². The predicted molar refractivity (Wildman–Crippen MR) is 504 cm³/mol. The molecular formula is C115H86Ir4N8-8. The van der Waals surface area contributed by atoms with Gasteiger partial charge in [-0.15, -0.1) is 285 Å². The topological polar surface area (TPSA) is 103 Å². The summed E-state index contributed by atoms with van der Waals surface area (Å²) in [4.78, 5) is 34.6. The van der Waals surface area contributed by atoms with Crippen LogP contribution < -0.4 is 0 Å². The minimum atomic E-state index is 0. The van der Waals surface area contributed by atoms with E-state index in [-0.39, 0.29) is 80.4 Å². The van der Waals surface area contributed by atoms with Gasteiger partial charge >= 0.3 is 0 Å². The second-order valence-corrected chi connectivity index (χ2v) is 27.7. The van der Waals surface area contributed by atoms with E-state index >= 15 is 0 Å². The monoisotopic (exact) mass is 2350 g/mol. The number of hydrogen-bond acceptors (Lipinski definition) is 8. The summed E-state index contributed by atoms with van der Waals surface area (Å²) in [6.07, 6.45) is 12.6. The van der Waals surface area contributed by atoms with Crippen LogP contribution in [-0.2, 0) is 80.4 Å². The molecule has 20 aromatic rings. The average Bonchev–Trinajstić information content (AvgIpc) is 0.854. The molecule has 0 aliphatic carbocycles. The van der Waals surface area contributed by atoms with Crippen molar-refractivity contribution in [1.82, 2.24) is 39.9 Å². The summed E-state index contributed by atoms with van der Waals surface area (Å²) >= 11 is 0. The first-order chi connectivity index (χ1) is 60.8. The van der Waals surface area contributed by atoms with Crippen molar-refractivity contribution in [1.29, 1.82) is 0 Å².